The highest BCUT2D eigenvalue weighted by Gasteiger charge is 2.31. The van der Waals surface area contributed by atoms with Crippen LogP contribution < -0.4 is 10.1 Å². The van der Waals surface area contributed by atoms with E-state index in [0.29, 0.717) is 4.47 Å². The number of carbonyl (C=O) groups is 2. The van der Waals surface area contributed by atoms with Crippen molar-refractivity contribution in [2.45, 2.75) is 13.1 Å². The second-order valence-corrected chi connectivity index (χ2v) is 6.55. The Hall–Kier alpha value is -2.06. The molecule has 1 N–H and O–H groups in total. The molecular formula is C17H12BrClF3NO3. The van der Waals surface area contributed by atoms with Crippen LogP contribution in [0.4, 0.5) is 18.9 Å². The van der Waals surface area contributed by atoms with Gasteiger partial charge in [0.1, 0.15) is 5.75 Å². The zero-order valence-electron chi connectivity index (χ0n) is 13.3. The van der Waals surface area contributed by atoms with Gasteiger partial charge in [0, 0.05) is 4.47 Å². The lowest BCUT2D eigenvalue weighted by Gasteiger charge is -2.13. The molecular weight excluding hydrogens is 439 g/mol. The normalized spacial score (nSPS) is 11.2. The minimum Gasteiger partial charge on any atom is -0.483 e. The van der Waals surface area contributed by atoms with Crippen molar-refractivity contribution in [3.05, 3.63) is 57.0 Å². The van der Waals surface area contributed by atoms with Crippen molar-refractivity contribution in [2.24, 2.45) is 0 Å². The fourth-order valence-electron chi connectivity index (χ4n) is 2.03. The Morgan fingerprint density at radius 2 is 1.88 bits per heavy atom. The van der Waals surface area contributed by atoms with Gasteiger partial charge in [0.25, 0.3) is 5.91 Å². The number of carbonyl (C=O) groups excluding carboxylic acids is 2. The zero-order chi connectivity index (χ0) is 19.5. The molecule has 0 atom stereocenters. The number of nitrogens with one attached hydrogen (secondary N) is 1. The maximum absolute atomic E-state index is 12.7. The molecule has 0 unspecified atom stereocenters. The van der Waals surface area contributed by atoms with Gasteiger partial charge in [-0.1, -0.05) is 27.5 Å². The van der Waals surface area contributed by atoms with E-state index in [2.05, 4.69) is 21.2 Å². The number of halogens is 5. The van der Waals surface area contributed by atoms with Crippen molar-refractivity contribution in [3.63, 3.8) is 0 Å². The first kappa shape index (κ1) is 20.3. The minimum atomic E-state index is -4.56. The molecule has 2 aromatic carbocycles. The average Bonchev–Trinajstić information content (AvgIpc) is 2.54. The third kappa shape index (κ3) is 5.22. The molecule has 2 rings (SSSR count). The van der Waals surface area contributed by atoms with E-state index in [1.807, 2.05) is 0 Å². The third-order valence-corrected chi connectivity index (χ3v) is 4.07. The lowest BCUT2D eigenvalue weighted by molar-refractivity contribution is -0.137. The van der Waals surface area contributed by atoms with Crippen LogP contribution in [-0.4, -0.2) is 18.3 Å². The molecule has 0 saturated heterocycles. The molecule has 0 aliphatic rings. The van der Waals surface area contributed by atoms with Crippen LogP contribution in [-0.2, 0) is 11.0 Å². The number of benzene rings is 2. The molecule has 0 heterocycles. The molecule has 0 bridgehead atoms. The summed E-state index contributed by atoms with van der Waals surface area (Å²) in [6.45, 7) is 0.839. The Morgan fingerprint density at radius 3 is 2.50 bits per heavy atom. The fraction of sp³-hybridized carbons (Fsp3) is 0.176. The molecule has 4 nitrogen and oxygen atoms in total. The lowest BCUT2D eigenvalue weighted by atomic mass is 10.1. The predicted octanol–water partition coefficient (Wildman–Crippen LogP) is 5.34. The molecule has 138 valence electrons. The number of anilines is 1. The van der Waals surface area contributed by atoms with Crippen LogP contribution in [0.2, 0.25) is 5.02 Å². The van der Waals surface area contributed by atoms with Crippen LogP contribution in [0.15, 0.2) is 40.9 Å². The number of rotatable bonds is 5. The Labute approximate surface area is 160 Å². The number of amides is 1. The van der Waals surface area contributed by atoms with Crippen LogP contribution in [0.5, 0.6) is 5.75 Å². The number of ketones is 1. The van der Waals surface area contributed by atoms with E-state index in [4.69, 9.17) is 16.3 Å². The SMILES string of the molecule is CC(=O)c1cc(Br)ccc1OCC(=O)Nc1cc(C(F)(F)F)ccc1Cl. The van der Waals surface area contributed by atoms with Gasteiger partial charge in [-0.05, 0) is 43.3 Å². The lowest BCUT2D eigenvalue weighted by Crippen LogP contribution is -2.21. The van der Waals surface area contributed by atoms with Gasteiger partial charge in [-0.2, -0.15) is 13.2 Å². The van der Waals surface area contributed by atoms with Crippen LogP contribution in [0.1, 0.15) is 22.8 Å². The first-order valence-electron chi connectivity index (χ1n) is 7.18. The highest BCUT2D eigenvalue weighted by Crippen LogP contribution is 2.33. The largest absolute Gasteiger partial charge is 0.483 e. The summed E-state index contributed by atoms with van der Waals surface area (Å²) in [5.74, 6) is -0.794. The fourth-order valence-corrected chi connectivity index (χ4v) is 2.56. The van der Waals surface area contributed by atoms with Crippen molar-refractivity contribution in [1.29, 1.82) is 0 Å². The summed E-state index contributed by atoms with van der Waals surface area (Å²) in [7, 11) is 0. The van der Waals surface area contributed by atoms with Crippen LogP contribution in [0.3, 0.4) is 0 Å². The second kappa shape index (κ2) is 8.09. The van der Waals surface area contributed by atoms with Crippen molar-refractivity contribution in [2.75, 3.05) is 11.9 Å². The van der Waals surface area contributed by atoms with Crippen LogP contribution >= 0.6 is 27.5 Å². The van der Waals surface area contributed by atoms with E-state index in [9.17, 15) is 22.8 Å². The monoisotopic (exact) mass is 449 g/mol. The predicted molar refractivity (Wildman–Crippen MR) is 94.7 cm³/mol. The van der Waals surface area contributed by atoms with E-state index < -0.39 is 24.3 Å². The quantitative estimate of drug-likeness (QED) is 0.626. The highest BCUT2D eigenvalue weighted by atomic mass is 79.9. The number of hydrogen-bond donors (Lipinski definition) is 1. The van der Waals surface area contributed by atoms with Gasteiger partial charge in [0.15, 0.2) is 12.4 Å². The Balaban J connectivity index is 2.10. The number of ether oxygens (including phenoxy) is 1. The summed E-state index contributed by atoms with van der Waals surface area (Å²) in [5.41, 5.74) is -0.855. The van der Waals surface area contributed by atoms with E-state index in [1.165, 1.54) is 13.0 Å². The molecule has 2 aromatic rings. The van der Waals surface area contributed by atoms with Gasteiger partial charge in [0.2, 0.25) is 0 Å². The van der Waals surface area contributed by atoms with Crippen molar-refractivity contribution < 1.29 is 27.5 Å². The van der Waals surface area contributed by atoms with Gasteiger partial charge < -0.3 is 10.1 Å². The maximum Gasteiger partial charge on any atom is 0.416 e. The van der Waals surface area contributed by atoms with E-state index in [-0.39, 0.29) is 27.8 Å². The molecule has 0 fully saturated rings. The van der Waals surface area contributed by atoms with Gasteiger partial charge in [-0.3, -0.25) is 9.59 Å². The average molecular weight is 451 g/mol. The summed E-state index contributed by atoms with van der Waals surface area (Å²) >= 11 is 9.04. The first-order chi connectivity index (χ1) is 12.1. The van der Waals surface area contributed by atoms with Crippen molar-refractivity contribution >= 4 is 44.9 Å². The summed E-state index contributed by atoms with van der Waals surface area (Å²) in [6, 6.07) is 7.27. The molecule has 0 radical (unpaired) electrons. The molecule has 26 heavy (non-hydrogen) atoms. The molecule has 0 saturated carbocycles. The topological polar surface area (TPSA) is 55.4 Å². The highest BCUT2D eigenvalue weighted by molar-refractivity contribution is 9.10. The number of alkyl halides is 3. The second-order valence-electron chi connectivity index (χ2n) is 5.23. The summed E-state index contributed by atoms with van der Waals surface area (Å²) in [6.07, 6.45) is -4.56. The number of Topliss-reactive ketones (excluding diaryl/α,β-unsaturated/α-hetero) is 1. The maximum atomic E-state index is 12.7. The molecule has 0 spiro atoms. The summed E-state index contributed by atoms with van der Waals surface area (Å²) in [4.78, 5) is 23.6. The van der Waals surface area contributed by atoms with Gasteiger partial charge in [-0.15, -0.1) is 0 Å². The number of hydrogen-bond acceptors (Lipinski definition) is 3. The third-order valence-electron chi connectivity index (χ3n) is 3.25. The zero-order valence-corrected chi connectivity index (χ0v) is 15.6. The molecule has 0 aliphatic heterocycles. The molecule has 1 amide bonds. The van der Waals surface area contributed by atoms with Crippen molar-refractivity contribution in [1.82, 2.24) is 0 Å². The van der Waals surface area contributed by atoms with Crippen LogP contribution in [0.25, 0.3) is 0 Å². The molecule has 0 aliphatic carbocycles. The Bertz CT molecular complexity index is 856. The Kier molecular flexibility index (Phi) is 6.30. The van der Waals surface area contributed by atoms with Gasteiger partial charge in [0.05, 0.1) is 21.8 Å². The standard InChI is InChI=1S/C17H12BrClF3NO3/c1-9(24)12-7-11(18)3-5-15(12)26-8-16(25)23-14-6-10(17(20,21)22)2-4-13(14)19/h2-7H,8H2,1H3,(H,23,25). The smallest absolute Gasteiger partial charge is 0.416 e. The van der Waals surface area contributed by atoms with Crippen molar-refractivity contribution in [3.8, 4) is 5.75 Å². The van der Waals surface area contributed by atoms with Gasteiger partial charge >= 0.3 is 6.18 Å². The summed E-state index contributed by atoms with van der Waals surface area (Å²) < 4.78 is 44.2. The minimum absolute atomic E-state index is 0.0422. The van der Waals surface area contributed by atoms with E-state index in [1.54, 1.807) is 12.1 Å². The van der Waals surface area contributed by atoms with E-state index in [0.717, 1.165) is 18.2 Å². The van der Waals surface area contributed by atoms with Gasteiger partial charge in [-0.25, -0.2) is 0 Å². The Morgan fingerprint density at radius 1 is 1.19 bits per heavy atom. The first-order valence-corrected chi connectivity index (χ1v) is 8.35. The summed E-state index contributed by atoms with van der Waals surface area (Å²) in [5, 5.41) is 2.22. The molecule has 9 heteroatoms. The van der Waals surface area contributed by atoms with E-state index >= 15 is 0 Å². The van der Waals surface area contributed by atoms with Crippen LogP contribution in [0, 0.1) is 0 Å². The molecule has 0 aromatic heterocycles.